The minimum atomic E-state index is -4.48. The van der Waals surface area contributed by atoms with Crippen LogP contribution in [0.15, 0.2) is 16.9 Å². The van der Waals surface area contributed by atoms with Crippen molar-refractivity contribution in [2.45, 2.75) is 13.1 Å². The third kappa shape index (κ3) is 1.87. The van der Waals surface area contributed by atoms with Gasteiger partial charge in [-0.15, -0.1) is 11.3 Å². The van der Waals surface area contributed by atoms with Crippen molar-refractivity contribution in [1.82, 2.24) is 9.97 Å². The fourth-order valence-electron chi connectivity index (χ4n) is 1.10. The molecule has 0 N–H and O–H groups in total. The topological polar surface area (TPSA) is 38.9 Å². The van der Waals surface area contributed by atoms with Crippen LogP contribution in [-0.2, 0) is 6.18 Å². The molecule has 0 saturated heterocycles. The maximum absolute atomic E-state index is 12.5. The summed E-state index contributed by atoms with van der Waals surface area (Å²) in [7, 11) is 0. The van der Waals surface area contributed by atoms with E-state index >= 15 is 0 Å². The second-order valence-electron chi connectivity index (χ2n) is 2.75. The Labute approximate surface area is 86.6 Å². The first kappa shape index (κ1) is 10.2. The molecule has 0 spiro atoms. The van der Waals surface area contributed by atoms with Gasteiger partial charge in [0.1, 0.15) is 11.1 Å². The average molecular weight is 234 g/mol. The first-order chi connectivity index (χ1) is 6.98. The van der Waals surface area contributed by atoms with E-state index in [0.29, 0.717) is 5.01 Å². The zero-order valence-corrected chi connectivity index (χ0v) is 8.32. The number of rotatable bonds is 1. The van der Waals surface area contributed by atoms with E-state index in [1.807, 2.05) is 0 Å². The molecule has 15 heavy (non-hydrogen) atoms. The number of hydrogen-bond acceptors (Lipinski definition) is 4. The number of oxazole rings is 1. The second-order valence-corrected chi connectivity index (χ2v) is 3.95. The summed E-state index contributed by atoms with van der Waals surface area (Å²) < 4.78 is 42.4. The Bertz CT molecular complexity index is 461. The molecular weight excluding hydrogens is 229 g/mol. The Balaban J connectivity index is 2.57. The second kappa shape index (κ2) is 3.34. The van der Waals surface area contributed by atoms with Gasteiger partial charge in [-0.3, -0.25) is 0 Å². The summed E-state index contributed by atoms with van der Waals surface area (Å²) in [5.74, 6) is -0.0482. The number of aryl methyl sites for hydroxylation is 1. The summed E-state index contributed by atoms with van der Waals surface area (Å²) in [4.78, 5) is 7.03. The minimum absolute atomic E-state index is 0.0482. The summed E-state index contributed by atoms with van der Waals surface area (Å²) >= 11 is 0.912. The van der Waals surface area contributed by atoms with Gasteiger partial charge in [0.05, 0.1) is 11.2 Å². The van der Waals surface area contributed by atoms with Crippen LogP contribution in [0.1, 0.15) is 10.7 Å². The molecule has 0 radical (unpaired) electrons. The van der Waals surface area contributed by atoms with Crippen LogP contribution in [0.25, 0.3) is 10.8 Å². The maximum atomic E-state index is 12.5. The van der Waals surface area contributed by atoms with Crippen LogP contribution in [0, 0.1) is 6.92 Å². The van der Waals surface area contributed by atoms with E-state index < -0.39 is 11.9 Å². The molecular formula is C8H5F3N2OS. The fourth-order valence-corrected chi connectivity index (χ4v) is 1.98. The van der Waals surface area contributed by atoms with Crippen molar-refractivity contribution in [2.75, 3.05) is 0 Å². The van der Waals surface area contributed by atoms with Gasteiger partial charge in [0.15, 0.2) is 5.69 Å². The van der Waals surface area contributed by atoms with Crippen molar-refractivity contribution in [3.63, 3.8) is 0 Å². The van der Waals surface area contributed by atoms with Crippen LogP contribution in [0.2, 0.25) is 0 Å². The Morgan fingerprint density at radius 1 is 1.40 bits per heavy atom. The Hall–Kier alpha value is -1.37. The molecule has 2 aromatic heterocycles. The van der Waals surface area contributed by atoms with Gasteiger partial charge in [0.25, 0.3) is 0 Å². The third-order valence-electron chi connectivity index (χ3n) is 1.63. The molecule has 2 rings (SSSR count). The number of halogens is 3. The summed E-state index contributed by atoms with van der Waals surface area (Å²) in [6.45, 7) is 1.51. The summed E-state index contributed by atoms with van der Waals surface area (Å²) in [5.41, 5.74) is -0.938. The number of hydrogen-bond donors (Lipinski definition) is 0. The molecule has 2 heterocycles. The molecule has 0 bridgehead atoms. The summed E-state index contributed by atoms with van der Waals surface area (Å²) in [6.07, 6.45) is -1.95. The average Bonchev–Trinajstić information content (AvgIpc) is 2.68. The Morgan fingerprint density at radius 2 is 2.13 bits per heavy atom. The van der Waals surface area contributed by atoms with Gasteiger partial charge in [0, 0.05) is 0 Å². The lowest BCUT2D eigenvalue weighted by molar-refractivity contribution is -0.140. The van der Waals surface area contributed by atoms with Gasteiger partial charge in [0.2, 0.25) is 5.89 Å². The number of thiazole rings is 1. The Kier molecular flexibility index (Phi) is 2.26. The van der Waals surface area contributed by atoms with Gasteiger partial charge in [-0.2, -0.15) is 13.2 Å². The lowest BCUT2D eigenvalue weighted by Gasteiger charge is -2.02. The van der Waals surface area contributed by atoms with E-state index in [1.165, 1.54) is 19.4 Å². The van der Waals surface area contributed by atoms with Crippen molar-refractivity contribution in [1.29, 1.82) is 0 Å². The van der Waals surface area contributed by atoms with Crippen LogP contribution >= 0.6 is 11.3 Å². The smallest absolute Gasteiger partial charge is 0.435 e. The van der Waals surface area contributed by atoms with Crippen LogP contribution in [-0.4, -0.2) is 9.97 Å². The first-order valence-corrected chi connectivity index (χ1v) is 4.74. The van der Waals surface area contributed by atoms with Crippen LogP contribution in [0.4, 0.5) is 13.2 Å². The highest BCUT2D eigenvalue weighted by Gasteiger charge is 2.38. The Morgan fingerprint density at radius 3 is 2.67 bits per heavy atom. The fraction of sp³-hybridized carbons (Fsp3) is 0.250. The molecule has 0 aliphatic carbocycles. The highest BCUT2D eigenvalue weighted by Crippen LogP contribution is 2.39. The molecule has 0 unspecified atom stereocenters. The van der Waals surface area contributed by atoms with Gasteiger partial charge in [-0.25, -0.2) is 9.97 Å². The van der Waals surface area contributed by atoms with E-state index in [-0.39, 0.29) is 10.8 Å². The predicted octanol–water partition coefficient (Wildman–Crippen LogP) is 3.13. The van der Waals surface area contributed by atoms with Gasteiger partial charge in [-0.1, -0.05) is 0 Å². The third-order valence-corrected chi connectivity index (χ3v) is 2.59. The van der Waals surface area contributed by atoms with Crippen LogP contribution in [0.5, 0.6) is 0 Å². The lowest BCUT2D eigenvalue weighted by Crippen LogP contribution is -2.07. The van der Waals surface area contributed by atoms with E-state index in [1.54, 1.807) is 0 Å². The predicted molar refractivity (Wildman–Crippen MR) is 47.4 cm³/mol. The zero-order valence-electron chi connectivity index (χ0n) is 7.50. The lowest BCUT2D eigenvalue weighted by atomic mass is 10.3. The summed E-state index contributed by atoms with van der Waals surface area (Å²) in [5, 5.41) is 0.329. The molecule has 0 fully saturated rings. The SMILES string of the molecule is Cc1nc(C(F)(F)F)c(-c2ncco2)s1. The molecule has 0 aliphatic rings. The van der Waals surface area contributed by atoms with E-state index in [0.717, 1.165) is 11.3 Å². The van der Waals surface area contributed by atoms with Crippen molar-refractivity contribution in [2.24, 2.45) is 0 Å². The molecule has 7 heteroatoms. The van der Waals surface area contributed by atoms with Gasteiger partial charge >= 0.3 is 6.18 Å². The monoisotopic (exact) mass is 234 g/mol. The standard InChI is InChI=1S/C8H5F3N2OS/c1-4-13-6(8(9,10)11)5(15-4)7-12-2-3-14-7/h2-3H,1H3. The van der Waals surface area contributed by atoms with Crippen molar-refractivity contribution < 1.29 is 17.6 Å². The number of nitrogens with zero attached hydrogens (tertiary/aromatic N) is 2. The van der Waals surface area contributed by atoms with Crippen LogP contribution in [0.3, 0.4) is 0 Å². The number of alkyl halides is 3. The van der Waals surface area contributed by atoms with Crippen molar-refractivity contribution in [3.8, 4) is 10.8 Å². The normalized spacial score (nSPS) is 12.0. The molecule has 0 saturated carbocycles. The highest BCUT2D eigenvalue weighted by molar-refractivity contribution is 7.15. The highest BCUT2D eigenvalue weighted by atomic mass is 32.1. The molecule has 3 nitrogen and oxygen atoms in total. The molecule has 80 valence electrons. The van der Waals surface area contributed by atoms with Gasteiger partial charge < -0.3 is 4.42 Å². The molecule has 2 aromatic rings. The molecule has 0 amide bonds. The number of aromatic nitrogens is 2. The minimum Gasteiger partial charge on any atom is -0.444 e. The molecule has 0 aromatic carbocycles. The maximum Gasteiger partial charge on any atom is 0.435 e. The largest absolute Gasteiger partial charge is 0.444 e. The van der Waals surface area contributed by atoms with E-state index in [9.17, 15) is 13.2 Å². The first-order valence-electron chi connectivity index (χ1n) is 3.93. The quantitative estimate of drug-likeness (QED) is 0.760. The molecule has 0 aliphatic heterocycles. The zero-order chi connectivity index (χ0) is 11.1. The van der Waals surface area contributed by atoms with Crippen LogP contribution < -0.4 is 0 Å². The molecule has 0 atom stereocenters. The van der Waals surface area contributed by atoms with E-state index in [2.05, 4.69) is 9.97 Å². The van der Waals surface area contributed by atoms with Crippen molar-refractivity contribution in [3.05, 3.63) is 23.2 Å². The summed E-state index contributed by atoms with van der Waals surface area (Å²) in [6, 6.07) is 0. The van der Waals surface area contributed by atoms with Gasteiger partial charge in [-0.05, 0) is 6.92 Å². The van der Waals surface area contributed by atoms with Crippen molar-refractivity contribution >= 4 is 11.3 Å². The van der Waals surface area contributed by atoms with E-state index in [4.69, 9.17) is 4.42 Å².